The highest BCUT2D eigenvalue weighted by atomic mass is 32.2. The summed E-state index contributed by atoms with van der Waals surface area (Å²) in [6.07, 6.45) is -0.0773. The second-order valence-electron chi connectivity index (χ2n) is 13.3. The van der Waals surface area contributed by atoms with E-state index in [4.69, 9.17) is 5.21 Å². The van der Waals surface area contributed by atoms with Gasteiger partial charge in [-0.1, -0.05) is 75.3 Å². The van der Waals surface area contributed by atoms with Crippen LogP contribution in [-0.4, -0.2) is 106 Å². The minimum atomic E-state index is -4.12. The summed E-state index contributed by atoms with van der Waals surface area (Å²) in [5.74, 6) is -2.01. The predicted octanol–water partition coefficient (Wildman–Crippen LogP) is 3.13. The first-order valence-corrected chi connectivity index (χ1v) is 19.1. The van der Waals surface area contributed by atoms with Crippen LogP contribution in [-0.2, 0) is 37.4 Å². The molecule has 1 aliphatic rings. The fraction of sp³-hybridized carbons (Fsp3) is 0.429. The second kappa shape index (κ2) is 17.7. The van der Waals surface area contributed by atoms with Crippen LogP contribution in [0, 0.1) is 11.8 Å². The normalized spacial score (nSPS) is 15.6. The third-order valence-corrected chi connectivity index (χ3v) is 10.9. The molecule has 280 valence electrons. The number of hydrogen-bond acceptors (Lipinski definition) is 11. The maximum Gasteiger partial charge on any atom is 0.328 e. The van der Waals surface area contributed by atoms with E-state index in [9.17, 15) is 32.7 Å². The fourth-order valence-electron chi connectivity index (χ4n) is 5.86. The van der Waals surface area contributed by atoms with Gasteiger partial charge >= 0.3 is 6.03 Å². The zero-order valence-corrected chi connectivity index (χ0v) is 31.3. The van der Waals surface area contributed by atoms with Gasteiger partial charge in [-0.15, -0.1) is 11.3 Å². The van der Waals surface area contributed by atoms with E-state index in [1.807, 2.05) is 44.2 Å². The zero-order chi connectivity index (χ0) is 38.2. The number of sulfonamides is 1. The maximum atomic E-state index is 14.1. The minimum Gasteiger partial charge on any atom is -0.411 e. The number of nitrogens with one attached hydrogen (secondary N) is 2. The van der Waals surface area contributed by atoms with Gasteiger partial charge in [0, 0.05) is 25.4 Å². The Kier molecular flexibility index (Phi) is 13.6. The molecule has 1 saturated heterocycles. The van der Waals surface area contributed by atoms with E-state index >= 15 is 0 Å². The van der Waals surface area contributed by atoms with Gasteiger partial charge in [0.05, 0.1) is 35.5 Å². The Balaban J connectivity index is 1.58. The van der Waals surface area contributed by atoms with E-state index in [1.54, 1.807) is 19.2 Å². The number of imide groups is 1. The van der Waals surface area contributed by atoms with Gasteiger partial charge in [0.2, 0.25) is 21.8 Å². The van der Waals surface area contributed by atoms with E-state index in [1.165, 1.54) is 46.6 Å². The number of rotatable bonds is 17. The van der Waals surface area contributed by atoms with E-state index in [2.05, 4.69) is 20.8 Å². The summed E-state index contributed by atoms with van der Waals surface area (Å²) < 4.78 is 28.9. The third kappa shape index (κ3) is 10.2. The third-order valence-electron chi connectivity index (χ3n) is 8.25. The highest BCUT2D eigenvalue weighted by molar-refractivity contribution is 7.89. The molecule has 0 saturated carbocycles. The van der Waals surface area contributed by atoms with E-state index in [-0.39, 0.29) is 49.3 Å². The standard InChI is InChI=1S/C35H45N7O8S2/c1-22(2)17-40(52(49,50)28-13-11-26(12-14-28)16-36-48)19-30(44)29(15-25-9-7-6-8-10-25)39-33(46)32(23(3)4)42-20-31(45)41(35(42)47)18-27-21-51-34(38-27)37-24(5)43/h6-14,16,21-23,29-30,32,44,48H,15,17-20H2,1-5H3,(H,39,46)(H,37,38,43)/b36-16+/t29-,30+,32-/m0/s1. The molecule has 52 heavy (non-hydrogen) atoms. The zero-order valence-electron chi connectivity index (χ0n) is 29.7. The Bertz CT molecular complexity index is 1850. The number of aromatic nitrogens is 1. The van der Waals surface area contributed by atoms with E-state index in [0.717, 1.165) is 21.8 Å². The lowest BCUT2D eigenvalue weighted by Gasteiger charge is -2.34. The van der Waals surface area contributed by atoms with Crippen molar-refractivity contribution in [3.63, 3.8) is 0 Å². The van der Waals surface area contributed by atoms with Crippen molar-refractivity contribution in [3.05, 3.63) is 76.8 Å². The van der Waals surface area contributed by atoms with Gasteiger partial charge in [-0.05, 0) is 41.5 Å². The lowest BCUT2D eigenvalue weighted by Crippen LogP contribution is -2.57. The summed E-state index contributed by atoms with van der Waals surface area (Å²) >= 11 is 1.15. The van der Waals surface area contributed by atoms with Gasteiger partial charge < -0.3 is 25.8 Å². The van der Waals surface area contributed by atoms with Crippen molar-refractivity contribution in [1.82, 2.24) is 24.4 Å². The van der Waals surface area contributed by atoms with Crippen molar-refractivity contribution in [2.75, 3.05) is 25.0 Å². The smallest absolute Gasteiger partial charge is 0.328 e. The SMILES string of the molecule is CC(=O)Nc1nc(CN2C(=O)CN([C@H](C(=O)N[C@@H](Cc3ccccc3)[C@H](O)CN(CC(C)C)S(=O)(=O)c3ccc(/C=N/O)cc3)C(C)C)C2=O)cs1. The van der Waals surface area contributed by atoms with E-state index < -0.39 is 52.0 Å². The monoisotopic (exact) mass is 755 g/mol. The largest absolute Gasteiger partial charge is 0.411 e. The van der Waals surface area contributed by atoms with Crippen molar-refractivity contribution in [3.8, 4) is 0 Å². The van der Waals surface area contributed by atoms with Gasteiger partial charge in [0.25, 0.3) is 5.91 Å². The van der Waals surface area contributed by atoms with Gasteiger partial charge in [-0.25, -0.2) is 18.2 Å². The van der Waals surface area contributed by atoms with Gasteiger partial charge in [0.1, 0.15) is 12.6 Å². The molecule has 0 radical (unpaired) electrons. The topological polar surface area (TPSA) is 202 Å². The molecular weight excluding hydrogens is 711 g/mol. The number of urea groups is 1. The molecule has 0 spiro atoms. The van der Waals surface area contributed by atoms with Crippen LogP contribution in [0.15, 0.2) is 70.0 Å². The van der Waals surface area contributed by atoms with Gasteiger partial charge in [-0.2, -0.15) is 4.31 Å². The quantitative estimate of drug-likeness (QED) is 0.0691. The highest BCUT2D eigenvalue weighted by Gasteiger charge is 2.44. The summed E-state index contributed by atoms with van der Waals surface area (Å²) in [6.45, 7) is 7.73. The molecule has 0 aliphatic carbocycles. The molecule has 2 aromatic carbocycles. The molecule has 1 aromatic heterocycles. The molecule has 0 unspecified atom stereocenters. The fourth-order valence-corrected chi connectivity index (χ4v) is 8.23. The Morgan fingerprint density at radius 2 is 1.73 bits per heavy atom. The molecule has 1 aliphatic heterocycles. The number of amides is 5. The molecule has 17 heteroatoms. The number of anilines is 1. The number of nitrogens with zero attached hydrogens (tertiary/aromatic N) is 5. The number of aliphatic hydroxyl groups is 1. The van der Waals surface area contributed by atoms with Crippen LogP contribution in [0.4, 0.5) is 9.93 Å². The van der Waals surface area contributed by atoms with Crippen molar-refractivity contribution >= 4 is 56.5 Å². The van der Waals surface area contributed by atoms with Gasteiger partial charge in [0.15, 0.2) is 5.13 Å². The van der Waals surface area contributed by atoms with Gasteiger partial charge in [-0.3, -0.25) is 19.3 Å². The molecule has 5 amide bonds. The molecule has 1 fully saturated rings. The van der Waals surface area contributed by atoms with Crippen molar-refractivity contribution < 1.29 is 37.9 Å². The Labute approximate surface area is 307 Å². The molecule has 4 rings (SSSR count). The minimum absolute atomic E-state index is 0.0234. The van der Waals surface area contributed by atoms with Crippen LogP contribution < -0.4 is 10.6 Å². The molecule has 15 nitrogen and oxygen atoms in total. The molecule has 4 N–H and O–H groups in total. The van der Waals surface area contributed by atoms with E-state index in [0.29, 0.717) is 16.4 Å². The van der Waals surface area contributed by atoms with Crippen LogP contribution in [0.25, 0.3) is 0 Å². The Morgan fingerprint density at radius 3 is 2.33 bits per heavy atom. The molecule has 2 heterocycles. The summed E-state index contributed by atoms with van der Waals surface area (Å²) in [4.78, 5) is 58.7. The average molecular weight is 756 g/mol. The second-order valence-corrected chi connectivity index (χ2v) is 16.1. The Morgan fingerprint density at radius 1 is 1.06 bits per heavy atom. The number of carbonyl (C=O) groups is 4. The lowest BCUT2D eigenvalue weighted by atomic mass is 9.97. The summed E-state index contributed by atoms with van der Waals surface area (Å²) in [7, 11) is -4.12. The molecule has 0 bridgehead atoms. The predicted molar refractivity (Wildman–Crippen MR) is 195 cm³/mol. The van der Waals surface area contributed by atoms with Crippen LogP contribution in [0.1, 0.15) is 51.4 Å². The summed E-state index contributed by atoms with van der Waals surface area (Å²) in [6, 6.07) is 12.1. The highest BCUT2D eigenvalue weighted by Crippen LogP contribution is 2.25. The van der Waals surface area contributed by atoms with Crippen molar-refractivity contribution in [1.29, 1.82) is 0 Å². The Hall–Kier alpha value is -4.71. The van der Waals surface area contributed by atoms with Crippen LogP contribution in [0.3, 0.4) is 0 Å². The van der Waals surface area contributed by atoms with Crippen LogP contribution in [0.2, 0.25) is 0 Å². The average Bonchev–Trinajstić information content (AvgIpc) is 3.63. The first kappa shape index (κ1) is 40.1. The number of aliphatic hydroxyl groups excluding tert-OH is 1. The number of oxime groups is 1. The maximum absolute atomic E-state index is 14.1. The number of carbonyl (C=O) groups excluding carboxylic acids is 4. The number of benzene rings is 2. The first-order valence-electron chi connectivity index (χ1n) is 16.7. The summed E-state index contributed by atoms with van der Waals surface area (Å²) in [5.41, 5.74) is 1.65. The number of hydrogen-bond donors (Lipinski definition) is 4. The molecular formula is C35H45N7O8S2. The van der Waals surface area contributed by atoms with Crippen molar-refractivity contribution in [2.45, 2.75) is 70.7 Å². The van der Waals surface area contributed by atoms with Crippen LogP contribution in [0.5, 0.6) is 0 Å². The van der Waals surface area contributed by atoms with Crippen LogP contribution >= 0.6 is 11.3 Å². The first-order chi connectivity index (χ1) is 24.6. The molecule has 3 atom stereocenters. The number of thiazole rings is 1. The molecule has 3 aromatic rings. The lowest BCUT2D eigenvalue weighted by molar-refractivity contribution is -0.129. The summed E-state index contributed by atoms with van der Waals surface area (Å²) in [5, 5.41) is 30.9. The van der Waals surface area contributed by atoms with Crippen molar-refractivity contribution in [2.24, 2.45) is 17.0 Å².